The van der Waals surface area contributed by atoms with Gasteiger partial charge < -0.3 is 14.9 Å². The van der Waals surface area contributed by atoms with Crippen LogP contribution in [-0.2, 0) is 11.3 Å². The first-order chi connectivity index (χ1) is 8.51. The quantitative estimate of drug-likeness (QED) is 0.771. The smallest absolute Gasteiger partial charge is 0.347 e. The minimum Gasteiger partial charge on any atom is -0.505 e. The molecule has 0 spiro atoms. The Morgan fingerprint density at radius 1 is 1.44 bits per heavy atom. The molecule has 7 heteroatoms. The molecule has 0 saturated carbocycles. The van der Waals surface area contributed by atoms with Crippen molar-refractivity contribution in [1.82, 2.24) is 14.8 Å². The molecule has 0 radical (unpaired) electrons. The van der Waals surface area contributed by atoms with Crippen LogP contribution in [0.1, 0.15) is 23.0 Å². The van der Waals surface area contributed by atoms with E-state index in [1.165, 1.54) is 4.68 Å². The number of aromatic hydroxyl groups is 2. The predicted molar refractivity (Wildman–Crippen MR) is 62.6 cm³/mol. The molecule has 2 heterocycles. The van der Waals surface area contributed by atoms with Gasteiger partial charge in [-0.15, -0.1) is 0 Å². The maximum Gasteiger partial charge on any atom is 0.347 e. The Morgan fingerprint density at radius 2 is 2.11 bits per heavy atom. The lowest BCUT2D eigenvalue weighted by atomic mass is 10.2. The summed E-state index contributed by atoms with van der Waals surface area (Å²) in [6.07, 6.45) is 0. The minimum absolute atomic E-state index is 0.313. The fraction of sp³-hybridized carbons (Fsp3) is 0.364. The normalized spacial score (nSPS) is 10.8. The maximum absolute atomic E-state index is 11.5. The molecule has 0 aliphatic rings. The number of hydrogen-bond acceptors (Lipinski definition) is 6. The first kappa shape index (κ1) is 12.2. The Labute approximate surface area is 103 Å². The number of fused-ring (bicyclic) bond motifs is 1. The Hall–Kier alpha value is -2.31. The Kier molecular flexibility index (Phi) is 2.82. The number of esters is 1. The van der Waals surface area contributed by atoms with Crippen LogP contribution < -0.4 is 0 Å². The van der Waals surface area contributed by atoms with Crippen LogP contribution in [0.25, 0.3) is 11.0 Å². The van der Waals surface area contributed by atoms with Crippen molar-refractivity contribution in [2.24, 2.45) is 0 Å². The third-order valence-corrected chi connectivity index (χ3v) is 2.69. The number of methoxy groups -OCH3 is 1. The molecule has 0 bridgehead atoms. The number of carbonyl (C=O) groups excluding carboxylic acids is 1. The number of aromatic nitrogens is 3. The third kappa shape index (κ3) is 1.55. The van der Waals surface area contributed by atoms with Gasteiger partial charge in [-0.25, -0.2) is 9.78 Å². The van der Waals surface area contributed by atoms with Crippen LogP contribution in [0.15, 0.2) is 0 Å². The fourth-order valence-corrected chi connectivity index (χ4v) is 1.85. The highest BCUT2D eigenvalue weighted by Crippen LogP contribution is 2.34. The number of ether oxygens (including phenoxy) is 1. The molecule has 2 aromatic rings. The molecule has 0 saturated heterocycles. The second-order valence-electron chi connectivity index (χ2n) is 3.75. The van der Waals surface area contributed by atoms with Crippen LogP contribution in [-0.4, -0.2) is 38.1 Å². The highest BCUT2D eigenvalue weighted by Gasteiger charge is 2.25. The molecule has 0 amide bonds. The van der Waals surface area contributed by atoms with Crippen molar-refractivity contribution in [1.29, 1.82) is 0 Å². The summed E-state index contributed by atoms with van der Waals surface area (Å²) in [4.78, 5) is 15.4. The zero-order valence-corrected chi connectivity index (χ0v) is 10.3. The van der Waals surface area contributed by atoms with E-state index in [9.17, 15) is 15.0 Å². The van der Waals surface area contributed by atoms with Gasteiger partial charge in [-0.2, -0.15) is 5.10 Å². The van der Waals surface area contributed by atoms with Gasteiger partial charge in [-0.1, -0.05) is 0 Å². The molecule has 0 fully saturated rings. The summed E-state index contributed by atoms with van der Waals surface area (Å²) < 4.78 is 6.01. The van der Waals surface area contributed by atoms with Gasteiger partial charge in [0.05, 0.1) is 12.8 Å². The summed E-state index contributed by atoms with van der Waals surface area (Å²) in [6, 6.07) is 0. The van der Waals surface area contributed by atoms with Crippen LogP contribution in [0.4, 0.5) is 0 Å². The molecular formula is C11H13N3O4. The summed E-state index contributed by atoms with van der Waals surface area (Å²) in [5, 5.41) is 24.0. The highest BCUT2D eigenvalue weighted by atomic mass is 16.5. The number of pyridine rings is 1. The summed E-state index contributed by atoms with van der Waals surface area (Å²) >= 11 is 0. The summed E-state index contributed by atoms with van der Waals surface area (Å²) in [6.45, 7) is 4.05. The van der Waals surface area contributed by atoms with E-state index in [-0.39, 0.29) is 11.3 Å². The van der Waals surface area contributed by atoms with Crippen molar-refractivity contribution in [2.75, 3.05) is 7.11 Å². The van der Waals surface area contributed by atoms with Crippen LogP contribution in [0.3, 0.4) is 0 Å². The van der Waals surface area contributed by atoms with Gasteiger partial charge >= 0.3 is 5.97 Å². The fourth-order valence-electron chi connectivity index (χ4n) is 1.85. The average Bonchev–Trinajstić information content (AvgIpc) is 2.66. The number of carbonyl (C=O) groups is 1. The Balaban J connectivity index is 2.87. The lowest BCUT2D eigenvalue weighted by Gasteiger charge is -2.07. The zero-order chi connectivity index (χ0) is 13.4. The number of hydrogen-bond donors (Lipinski definition) is 2. The summed E-state index contributed by atoms with van der Waals surface area (Å²) in [5.74, 6) is -1.78. The monoisotopic (exact) mass is 251 g/mol. The van der Waals surface area contributed by atoms with Crippen molar-refractivity contribution < 1.29 is 19.7 Å². The average molecular weight is 251 g/mol. The Bertz CT molecular complexity index is 633. The molecular weight excluding hydrogens is 238 g/mol. The number of aryl methyl sites for hydroxylation is 2. The first-order valence-electron chi connectivity index (χ1n) is 5.38. The van der Waals surface area contributed by atoms with Crippen molar-refractivity contribution in [2.45, 2.75) is 20.4 Å². The van der Waals surface area contributed by atoms with Crippen LogP contribution in [0.2, 0.25) is 0 Å². The largest absolute Gasteiger partial charge is 0.505 e. The van der Waals surface area contributed by atoms with Gasteiger partial charge in [0, 0.05) is 6.54 Å². The lowest BCUT2D eigenvalue weighted by molar-refractivity contribution is 0.0593. The number of rotatable bonds is 2. The van der Waals surface area contributed by atoms with Gasteiger partial charge in [0.2, 0.25) is 5.88 Å². The lowest BCUT2D eigenvalue weighted by Crippen LogP contribution is -2.05. The molecule has 96 valence electrons. The van der Waals surface area contributed by atoms with Gasteiger partial charge in [0.25, 0.3) is 0 Å². The predicted octanol–water partition coefficient (Wildman–Crippen LogP) is 0.957. The van der Waals surface area contributed by atoms with Crippen molar-refractivity contribution in [3.8, 4) is 11.6 Å². The molecule has 18 heavy (non-hydrogen) atoms. The summed E-state index contributed by atoms with van der Waals surface area (Å²) in [7, 11) is 1.16. The zero-order valence-electron chi connectivity index (χ0n) is 10.3. The van der Waals surface area contributed by atoms with Gasteiger partial charge in [-0.3, -0.25) is 4.68 Å². The topological polar surface area (TPSA) is 97.5 Å². The molecule has 7 nitrogen and oxygen atoms in total. The highest BCUT2D eigenvalue weighted by molar-refractivity contribution is 6.01. The second kappa shape index (κ2) is 4.17. The molecule has 0 aromatic carbocycles. The summed E-state index contributed by atoms with van der Waals surface area (Å²) in [5.41, 5.74) is 0.890. The standard InChI is InChI=1S/C11H13N3O4/c1-4-14-8-7(5(2)13-14)12-10(16)6(9(8)15)11(17)18-3/h4H2,1-3H3,(H2,12,15,16). The van der Waals surface area contributed by atoms with Crippen molar-refractivity contribution in [3.63, 3.8) is 0 Å². The molecule has 0 atom stereocenters. The molecule has 0 aliphatic carbocycles. The second-order valence-corrected chi connectivity index (χ2v) is 3.75. The number of nitrogens with zero attached hydrogens (tertiary/aromatic N) is 3. The molecule has 2 N–H and O–H groups in total. The van der Waals surface area contributed by atoms with Crippen molar-refractivity contribution >= 4 is 17.0 Å². The van der Waals surface area contributed by atoms with E-state index in [1.54, 1.807) is 6.92 Å². The minimum atomic E-state index is -0.846. The van der Waals surface area contributed by atoms with Crippen molar-refractivity contribution in [3.05, 3.63) is 11.3 Å². The molecule has 2 rings (SSSR count). The maximum atomic E-state index is 11.5. The molecule has 0 unspecified atom stereocenters. The molecule has 2 aromatic heterocycles. The van der Waals surface area contributed by atoms with E-state index in [2.05, 4.69) is 14.8 Å². The van der Waals surface area contributed by atoms with E-state index < -0.39 is 11.8 Å². The van der Waals surface area contributed by atoms with E-state index in [1.807, 2.05) is 6.92 Å². The van der Waals surface area contributed by atoms with E-state index in [0.717, 1.165) is 7.11 Å². The Morgan fingerprint density at radius 3 is 2.67 bits per heavy atom. The van der Waals surface area contributed by atoms with Crippen LogP contribution >= 0.6 is 0 Å². The van der Waals surface area contributed by atoms with E-state index in [0.29, 0.717) is 23.3 Å². The van der Waals surface area contributed by atoms with Crippen LogP contribution in [0.5, 0.6) is 11.6 Å². The van der Waals surface area contributed by atoms with Gasteiger partial charge in [-0.05, 0) is 13.8 Å². The van der Waals surface area contributed by atoms with E-state index >= 15 is 0 Å². The van der Waals surface area contributed by atoms with Crippen LogP contribution in [0, 0.1) is 6.92 Å². The van der Waals surface area contributed by atoms with E-state index in [4.69, 9.17) is 0 Å². The van der Waals surface area contributed by atoms with Gasteiger partial charge in [0.1, 0.15) is 11.0 Å². The third-order valence-electron chi connectivity index (χ3n) is 2.69. The van der Waals surface area contributed by atoms with Gasteiger partial charge in [0.15, 0.2) is 11.3 Å². The SMILES string of the molecule is CCn1nc(C)c2nc(O)c(C(=O)OC)c(O)c21. The molecule has 0 aliphatic heterocycles. The first-order valence-corrected chi connectivity index (χ1v) is 5.38.